The largest absolute Gasteiger partial charge is 0.322 e. The van der Waals surface area contributed by atoms with Crippen molar-refractivity contribution >= 4 is 10.0 Å². The van der Waals surface area contributed by atoms with Crippen LogP contribution in [0.25, 0.3) is 11.1 Å². The van der Waals surface area contributed by atoms with E-state index in [1.165, 1.54) is 0 Å². The van der Waals surface area contributed by atoms with Gasteiger partial charge in [0.25, 0.3) is 0 Å². The fourth-order valence-electron chi connectivity index (χ4n) is 3.80. The zero-order valence-corrected chi connectivity index (χ0v) is 18.5. The first-order valence-electron chi connectivity index (χ1n) is 10.5. The Labute approximate surface area is 189 Å². The van der Waals surface area contributed by atoms with E-state index in [2.05, 4.69) is 4.72 Å². The average molecular weight is 443 g/mol. The standard InChI is InChI=1S/C27H26N2O2S/c28-26(23-14-6-2-7-15-23)27(24-16-8-3-9-17-24)29-32(30,31)20-21-11-10-18-25(19-21)22-12-4-1-5-13-22/h1-19,26-27,29H,20,28H2. The van der Waals surface area contributed by atoms with Gasteiger partial charge >= 0.3 is 0 Å². The summed E-state index contributed by atoms with van der Waals surface area (Å²) < 4.78 is 29.3. The molecule has 0 saturated heterocycles. The van der Waals surface area contributed by atoms with Crippen molar-refractivity contribution in [2.75, 3.05) is 0 Å². The van der Waals surface area contributed by atoms with Crippen molar-refractivity contribution in [3.05, 3.63) is 132 Å². The maximum absolute atomic E-state index is 13.2. The van der Waals surface area contributed by atoms with E-state index in [1.54, 1.807) is 0 Å². The lowest BCUT2D eigenvalue weighted by Crippen LogP contribution is -2.36. The van der Waals surface area contributed by atoms with Crippen LogP contribution in [0.4, 0.5) is 0 Å². The molecule has 0 aliphatic heterocycles. The van der Waals surface area contributed by atoms with Gasteiger partial charge in [0.2, 0.25) is 10.0 Å². The maximum atomic E-state index is 13.2. The third-order valence-electron chi connectivity index (χ3n) is 5.40. The molecule has 3 N–H and O–H groups in total. The molecule has 0 amide bonds. The summed E-state index contributed by atoms with van der Waals surface area (Å²) in [5.74, 6) is -0.126. The van der Waals surface area contributed by atoms with Crippen molar-refractivity contribution in [2.24, 2.45) is 5.73 Å². The summed E-state index contributed by atoms with van der Waals surface area (Å²) in [6, 6.07) is 35.4. The molecule has 162 valence electrons. The highest BCUT2D eigenvalue weighted by molar-refractivity contribution is 7.88. The second-order valence-corrected chi connectivity index (χ2v) is 9.52. The predicted molar refractivity (Wildman–Crippen MR) is 130 cm³/mol. The zero-order chi connectivity index (χ0) is 22.4. The Morgan fingerprint density at radius 3 is 1.81 bits per heavy atom. The van der Waals surface area contributed by atoms with Gasteiger partial charge < -0.3 is 5.73 Å². The molecule has 0 aliphatic rings. The minimum absolute atomic E-state index is 0.126. The molecule has 0 aromatic heterocycles. The van der Waals surface area contributed by atoms with E-state index in [-0.39, 0.29) is 5.75 Å². The second-order valence-electron chi connectivity index (χ2n) is 7.77. The van der Waals surface area contributed by atoms with E-state index in [0.717, 1.165) is 27.8 Å². The van der Waals surface area contributed by atoms with Crippen LogP contribution in [0.2, 0.25) is 0 Å². The Bertz CT molecular complexity index is 1240. The Balaban J connectivity index is 1.59. The monoisotopic (exact) mass is 442 g/mol. The van der Waals surface area contributed by atoms with Gasteiger partial charge in [-0.3, -0.25) is 0 Å². The highest BCUT2D eigenvalue weighted by atomic mass is 32.2. The highest BCUT2D eigenvalue weighted by Crippen LogP contribution is 2.28. The molecule has 4 nitrogen and oxygen atoms in total. The molecule has 0 bridgehead atoms. The molecular weight excluding hydrogens is 416 g/mol. The molecule has 0 heterocycles. The van der Waals surface area contributed by atoms with Crippen LogP contribution >= 0.6 is 0 Å². The Kier molecular flexibility index (Phi) is 6.81. The molecular formula is C27H26N2O2S. The lowest BCUT2D eigenvalue weighted by Gasteiger charge is -2.26. The summed E-state index contributed by atoms with van der Waals surface area (Å²) in [7, 11) is -3.66. The van der Waals surface area contributed by atoms with Gasteiger partial charge in [-0.05, 0) is 27.8 Å². The van der Waals surface area contributed by atoms with Crippen molar-refractivity contribution < 1.29 is 8.42 Å². The third kappa shape index (κ3) is 5.51. The number of hydrogen-bond donors (Lipinski definition) is 2. The van der Waals surface area contributed by atoms with E-state index >= 15 is 0 Å². The number of benzene rings is 4. The van der Waals surface area contributed by atoms with Gasteiger partial charge in [-0.2, -0.15) is 0 Å². The number of nitrogens with one attached hydrogen (secondary N) is 1. The van der Waals surface area contributed by atoms with Gasteiger partial charge in [-0.1, -0.05) is 115 Å². The molecule has 32 heavy (non-hydrogen) atoms. The quantitative estimate of drug-likeness (QED) is 0.393. The molecule has 4 aromatic carbocycles. The molecule has 5 heteroatoms. The topological polar surface area (TPSA) is 72.2 Å². The highest BCUT2D eigenvalue weighted by Gasteiger charge is 2.26. The summed E-state index contributed by atoms with van der Waals surface area (Å²) >= 11 is 0. The van der Waals surface area contributed by atoms with Crippen molar-refractivity contribution in [1.82, 2.24) is 4.72 Å². The molecule has 0 aliphatic carbocycles. The minimum Gasteiger partial charge on any atom is -0.322 e. The number of rotatable bonds is 8. The number of sulfonamides is 1. The second kappa shape index (κ2) is 9.92. The average Bonchev–Trinajstić information content (AvgIpc) is 2.84. The van der Waals surface area contributed by atoms with Gasteiger partial charge in [0.15, 0.2) is 0 Å². The summed E-state index contributed by atoms with van der Waals surface area (Å²) in [6.45, 7) is 0. The van der Waals surface area contributed by atoms with Crippen molar-refractivity contribution in [3.8, 4) is 11.1 Å². The first-order chi connectivity index (χ1) is 15.5. The predicted octanol–water partition coefficient (Wildman–Crippen LogP) is 5.21. The van der Waals surface area contributed by atoms with Crippen molar-refractivity contribution in [3.63, 3.8) is 0 Å². The molecule has 4 rings (SSSR count). The van der Waals surface area contributed by atoms with Crippen LogP contribution in [0.3, 0.4) is 0 Å². The van der Waals surface area contributed by atoms with Gasteiger partial charge in [0.1, 0.15) is 0 Å². The Hall–Kier alpha value is -3.25. The van der Waals surface area contributed by atoms with E-state index in [9.17, 15) is 8.42 Å². The van der Waals surface area contributed by atoms with Crippen LogP contribution in [0.15, 0.2) is 115 Å². The summed E-state index contributed by atoms with van der Waals surface area (Å²) in [6.07, 6.45) is 0. The number of hydrogen-bond acceptors (Lipinski definition) is 3. The lowest BCUT2D eigenvalue weighted by molar-refractivity contribution is 0.503. The maximum Gasteiger partial charge on any atom is 0.216 e. The molecule has 2 atom stereocenters. The zero-order valence-electron chi connectivity index (χ0n) is 17.6. The molecule has 4 aromatic rings. The molecule has 0 saturated carbocycles. The van der Waals surface area contributed by atoms with E-state index in [4.69, 9.17) is 5.73 Å². The molecule has 0 radical (unpaired) electrons. The summed E-state index contributed by atoms with van der Waals surface area (Å²) in [5.41, 5.74) is 11.0. The Morgan fingerprint density at radius 1 is 0.656 bits per heavy atom. The van der Waals surface area contributed by atoms with E-state index in [0.29, 0.717) is 0 Å². The summed E-state index contributed by atoms with van der Waals surface area (Å²) in [5, 5.41) is 0. The lowest BCUT2D eigenvalue weighted by atomic mass is 9.95. The fraction of sp³-hybridized carbons (Fsp3) is 0.111. The number of nitrogens with two attached hydrogens (primary N) is 1. The van der Waals surface area contributed by atoms with Crippen LogP contribution in [0.1, 0.15) is 28.8 Å². The van der Waals surface area contributed by atoms with Gasteiger partial charge in [0.05, 0.1) is 17.8 Å². The van der Waals surface area contributed by atoms with Crippen LogP contribution in [-0.2, 0) is 15.8 Å². The van der Waals surface area contributed by atoms with Crippen LogP contribution in [0, 0.1) is 0 Å². The van der Waals surface area contributed by atoms with Gasteiger partial charge in [-0.25, -0.2) is 13.1 Å². The van der Waals surface area contributed by atoms with E-state index < -0.39 is 22.1 Å². The molecule has 0 spiro atoms. The normalized spacial score (nSPS) is 13.4. The van der Waals surface area contributed by atoms with Crippen LogP contribution in [0.5, 0.6) is 0 Å². The first kappa shape index (κ1) is 22.0. The minimum atomic E-state index is -3.66. The SMILES string of the molecule is NC(c1ccccc1)C(NS(=O)(=O)Cc1cccc(-c2ccccc2)c1)c1ccccc1. The fourth-order valence-corrected chi connectivity index (χ4v) is 5.17. The smallest absolute Gasteiger partial charge is 0.216 e. The van der Waals surface area contributed by atoms with E-state index in [1.807, 2.05) is 115 Å². The summed E-state index contributed by atoms with van der Waals surface area (Å²) in [4.78, 5) is 0. The molecule has 2 unspecified atom stereocenters. The Morgan fingerprint density at radius 2 is 1.19 bits per heavy atom. The van der Waals surface area contributed by atoms with Gasteiger partial charge in [-0.15, -0.1) is 0 Å². The van der Waals surface area contributed by atoms with Crippen LogP contribution < -0.4 is 10.5 Å². The van der Waals surface area contributed by atoms with Crippen molar-refractivity contribution in [2.45, 2.75) is 17.8 Å². The molecule has 0 fully saturated rings. The third-order valence-corrected chi connectivity index (χ3v) is 6.73. The van der Waals surface area contributed by atoms with Gasteiger partial charge in [0, 0.05) is 0 Å². The van der Waals surface area contributed by atoms with Crippen molar-refractivity contribution in [1.29, 1.82) is 0 Å². The van der Waals surface area contributed by atoms with Crippen LogP contribution in [-0.4, -0.2) is 8.42 Å². The first-order valence-corrected chi connectivity index (χ1v) is 12.2.